The molecular weight excluding hydrogens is 198 g/mol. The summed E-state index contributed by atoms with van der Waals surface area (Å²) in [4.78, 5) is 6.52. The average Bonchev–Trinajstić information content (AvgIpc) is 2.38. The van der Waals surface area contributed by atoms with E-state index in [0.717, 1.165) is 12.5 Å². The van der Waals surface area contributed by atoms with Crippen molar-refractivity contribution in [3.05, 3.63) is 24.5 Å². The predicted molar refractivity (Wildman–Crippen MR) is 69.8 cm³/mol. The van der Waals surface area contributed by atoms with Crippen molar-refractivity contribution in [2.24, 2.45) is 5.92 Å². The van der Waals surface area contributed by atoms with Gasteiger partial charge in [0, 0.05) is 32.6 Å². The number of hydrogen-bond acceptors (Lipinski definition) is 3. The van der Waals surface area contributed by atoms with Crippen molar-refractivity contribution in [2.75, 3.05) is 31.1 Å². The number of anilines is 1. The summed E-state index contributed by atoms with van der Waals surface area (Å²) >= 11 is 0. The molecule has 1 aromatic rings. The molecule has 2 heterocycles. The van der Waals surface area contributed by atoms with Gasteiger partial charge in [-0.2, -0.15) is 0 Å². The van der Waals surface area contributed by atoms with Crippen LogP contribution in [0.15, 0.2) is 24.5 Å². The van der Waals surface area contributed by atoms with Crippen molar-refractivity contribution in [2.45, 2.75) is 19.8 Å². The van der Waals surface area contributed by atoms with Crippen LogP contribution in [0.3, 0.4) is 0 Å². The van der Waals surface area contributed by atoms with Gasteiger partial charge in [-0.25, -0.2) is 0 Å². The SMILES string of the molecule is CCNCC1CCN(c2ccncc2)CC1.[HH]. The second kappa shape index (κ2) is 5.85. The third-order valence-electron chi connectivity index (χ3n) is 3.33. The third-order valence-corrected chi connectivity index (χ3v) is 3.33. The number of pyridine rings is 1. The van der Waals surface area contributed by atoms with E-state index in [-0.39, 0.29) is 1.43 Å². The molecule has 0 saturated carbocycles. The van der Waals surface area contributed by atoms with Gasteiger partial charge in [0.1, 0.15) is 0 Å². The second-order valence-corrected chi connectivity index (χ2v) is 4.44. The maximum absolute atomic E-state index is 4.06. The van der Waals surface area contributed by atoms with E-state index < -0.39 is 0 Å². The molecule has 1 N–H and O–H groups in total. The van der Waals surface area contributed by atoms with Crippen LogP contribution in [0.25, 0.3) is 0 Å². The summed E-state index contributed by atoms with van der Waals surface area (Å²) in [6, 6.07) is 4.20. The molecule has 0 atom stereocenters. The van der Waals surface area contributed by atoms with E-state index in [1.54, 1.807) is 0 Å². The lowest BCUT2D eigenvalue weighted by Crippen LogP contribution is -2.37. The Kier molecular flexibility index (Phi) is 4.17. The van der Waals surface area contributed by atoms with Gasteiger partial charge in [0.05, 0.1) is 0 Å². The topological polar surface area (TPSA) is 28.2 Å². The van der Waals surface area contributed by atoms with Gasteiger partial charge in [0.2, 0.25) is 0 Å². The highest BCUT2D eigenvalue weighted by Gasteiger charge is 2.18. The Labute approximate surface area is 99.4 Å². The van der Waals surface area contributed by atoms with Crippen LogP contribution in [0.4, 0.5) is 5.69 Å². The fraction of sp³-hybridized carbons (Fsp3) is 0.615. The minimum atomic E-state index is 0. The van der Waals surface area contributed by atoms with Gasteiger partial charge >= 0.3 is 0 Å². The Bertz CT molecular complexity index is 297. The highest BCUT2D eigenvalue weighted by molar-refractivity contribution is 5.44. The van der Waals surface area contributed by atoms with Gasteiger partial charge < -0.3 is 10.2 Å². The molecule has 1 aliphatic rings. The Morgan fingerprint density at radius 1 is 1.38 bits per heavy atom. The van der Waals surface area contributed by atoms with E-state index in [1.807, 2.05) is 12.4 Å². The lowest BCUT2D eigenvalue weighted by Gasteiger charge is -2.33. The Morgan fingerprint density at radius 2 is 2.06 bits per heavy atom. The van der Waals surface area contributed by atoms with Gasteiger partial charge in [0.15, 0.2) is 0 Å². The van der Waals surface area contributed by atoms with Crippen LogP contribution in [-0.2, 0) is 0 Å². The van der Waals surface area contributed by atoms with E-state index in [4.69, 9.17) is 0 Å². The quantitative estimate of drug-likeness (QED) is 0.844. The van der Waals surface area contributed by atoms with Gasteiger partial charge in [-0.1, -0.05) is 6.92 Å². The molecule has 1 aromatic heterocycles. The van der Waals surface area contributed by atoms with Crippen LogP contribution < -0.4 is 10.2 Å². The second-order valence-electron chi connectivity index (χ2n) is 4.44. The highest BCUT2D eigenvalue weighted by atomic mass is 15.1. The van der Waals surface area contributed by atoms with Gasteiger partial charge in [-0.05, 0) is 44.0 Å². The first-order chi connectivity index (χ1) is 7.90. The molecule has 3 heteroatoms. The van der Waals surface area contributed by atoms with E-state index in [2.05, 4.69) is 34.3 Å². The van der Waals surface area contributed by atoms with Crippen molar-refractivity contribution < 1.29 is 1.43 Å². The average molecular weight is 221 g/mol. The Morgan fingerprint density at radius 3 is 2.69 bits per heavy atom. The number of aromatic nitrogens is 1. The van der Waals surface area contributed by atoms with E-state index in [9.17, 15) is 0 Å². The van der Waals surface area contributed by atoms with Gasteiger partial charge in [0.25, 0.3) is 0 Å². The fourth-order valence-corrected chi connectivity index (χ4v) is 2.30. The molecule has 16 heavy (non-hydrogen) atoms. The smallest absolute Gasteiger partial charge is 0.0397 e. The molecule has 0 spiro atoms. The number of rotatable bonds is 4. The maximum Gasteiger partial charge on any atom is 0.0397 e. The van der Waals surface area contributed by atoms with Crippen molar-refractivity contribution >= 4 is 5.69 Å². The summed E-state index contributed by atoms with van der Waals surface area (Å²) in [5, 5.41) is 3.44. The molecule has 0 amide bonds. The molecule has 0 radical (unpaired) electrons. The van der Waals surface area contributed by atoms with Crippen LogP contribution in [0, 0.1) is 5.92 Å². The normalized spacial score (nSPS) is 17.7. The summed E-state index contributed by atoms with van der Waals surface area (Å²) in [5.74, 6) is 0.859. The van der Waals surface area contributed by atoms with Crippen LogP contribution >= 0.6 is 0 Å². The molecule has 1 aliphatic heterocycles. The van der Waals surface area contributed by atoms with Crippen LogP contribution in [0.5, 0.6) is 0 Å². The first-order valence-corrected chi connectivity index (χ1v) is 6.26. The largest absolute Gasteiger partial charge is 0.371 e. The molecule has 0 aliphatic carbocycles. The van der Waals surface area contributed by atoms with Crippen LogP contribution in [-0.4, -0.2) is 31.2 Å². The van der Waals surface area contributed by atoms with E-state index >= 15 is 0 Å². The summed E-state index contributed by atoms with van der Waals surface area (Å²) in [6.07, 6.45) is 6.35. The number of piperidine rings is 1. The molecule has 1 saturated heterocycles. The molecule has 0 unspecified atom stereocenters. The minimum absolute atomic E-state index is 0. The van der Waals surface area contributed by atoms with Gasteiger partial charge in [-0.15, -0.1) is 0 Å². The fourth-order valence-electron chi connectivity index (χ4n) is 2.30. The molecule has 90 valence electrons. The maximum atomic E-state index is 4.06. The first kappa shape index (κ1) is 11.4. The van der Waals surface area contributed by atoms with Gasteiger partial charge in [-0.3, -0.25) is 4.98 Å². The standard InChI is InChI=1S/C13H21N3.H2/c1-2-14-11-12-5-9-16(10-6-12)13-3-7-15-8-4-13;/h3-4,7-8,12,14H,2,5-6,9-11H2,1H3;1H. The number of nitrogens with zero attached hydrogens (tertiary/aromatic N) is 2. The van der Waals surface area contributed by atoms with Crippen molar-refractivity contribution in [1.82, 2.24) is 10.3 Å². The van der Waals surface area contributed by atoms with E-state index in [1.165, 1.54) is 38.2 Å². The predicted octanol–water partition coefficient (Wildman–Crippen LogP) is 2.15. The summed E-state index contributed by atoms with van der Waals surface area (Å²) < 4.78 is 0. The molecule has 0 aromatic carbocycles. The van der Waals surface area contributed by atoms with Crippen LogP contribution in [0.2, 0.25) is 0 Å². The Hall–Kier alpha value is -1.09. The lowest BCUT2D eigenvalue weighted by atomic mass is 9.96. The Balaban J connectivity index is 0.00000144. The zero-order valence-corrected chi connectivity index (χ0v) is 10.0. The third kappa shape index (κ3) is 2.95. The lowest BCUT2D eigenvalue weighted by molar-refractivity contribution is 0.386. The molecule has 0 bridgehead atoms. The molecule has 1 fully saturated rings. The monoisotopic (exact) mass is 221 g/mol. The molecule has 2 rings (SSSR count). The zero-order chi connectivity index (χ0) is 11.2. The van der Waals surface area contributed by atoms with Crippen molar-refractivity contribution in [3.63, 3.8) is 0 Å². The molecule has 3 nitrogen and oxygen atoms in total. The number of hydrogen-bond donors (Lipinski definition) is 1. The highest BCUT2D eigenvalue weighted by Crippen LogP contribution is 2.21. The van der Waals surface area contributed by atoms with Crippen molar-refractivity contribution in [1.29, 1.82) is 0 Å². The molecular formula is C13H23N3. The summed E-state index contributed by atoms with van der Waals surface area (Å²) in [6.45, 7) is 6.80. The number of nitrogens with one attached hydrogen (secondary N) is 1. The van der Waals surface area contributed by atoms with Crippen molar-refractivity contribution in [3.8, 4) is 0 Å². The summed E-state index contributed by atoms with van der Waals surface area (Å²) in [7, 11) is 0. The first-order valence-electron chi connectivity index (χ1n) is 6.26. The zero-order valence-electron chi connectivity index (χ0n) is 10.0. The summed E-state index contributed by atoms with van der Waals surface area (Å²) in [5.41, 5.74) is 1.32. The minimum Gasteiger partial charge on any atom is -0.371 e. The van der Waals surface area contributed by atoms with Crippen LogP contribution in [0.1, 0.15) is 21.2 Å². The van der Waals surface area contributed by atoms with E-state index in [0.29, 0.717) is 0 Å².